The van der Waals surface area contributed by atoms with Crippen molar-refractivity contribution in [3.8, 4) is 0 Å². The van der Waals surface area contributed by atoms with E-state index >= 15 is 0 Å². The number of rotatable bonds is 5. The molecule has 3 N–H and O–H groups in total. The number of carboxylic acids is 1. The predicted octanol–water partition coefficient (Wildman–Crippen LogP) is 4.44. The molecule has 4 rings (SSSR count). The van der Waals surface area contributed by atoms with Crippen molar-refractivity contribution in [3.63, 3.8) is 0 Å². The molecule has 9 atom stereocenters. The normalized spacial score (nSPS) is 49.3. The van der Waals surface area contributed by atoms with Gasteiger partial charge in [0.1, 0.15) is 6.29 Å². The highest BCUT2D eigenvalue weighted by molar-refractivity contribution is 5.66. The van der Waals surface area contributed by atoms with Crippen LogP contribution in [-0.4, -0.2) is 39.3 Å². The van der Waals surface area contributed by atoms with E-state index in [-0.39, 0.29) is 29.1 Å². The maximum Gasteiger partial charge on any atom is 0.303 e. The summed E-state index contributed by atoms with van der Waals surface area (Å²) in [5.74, 6) is 0.357. The number of carboxylic acid groups (broad SMARTS) is 1. The lowest BCUT2D eigenvalue weighted by molar-refractivity contribution is -0.156. The fraction of sp³-hybridized carbons (Fsp3) is 0.920. The summed E-state index contributed by atoms with van der Waals surface area (Å²) in [4.78, 5) is 23.2. The summed E-state index contributed by atoms with van der Waals surface area (Å²) in [6.45, 7) is 8.53. The molecule has 0 radical (unpaired) electrons. The Morgan fingerprint density at radius 1 is 1.07 bits per heavy atom. The van der Waals surface area contributed by atoms with E-state index in [2.05, 4.69) is 13.8 Å². The lowest BCUT2D eigenvalue weighted by atomic mass is 9.54. The molecule has 0 aromatic carbocycles. The van der Waals surface area contributed by atoms with Crippen LogP contribution in [-0.2, 0) is 9.59 Å². The molecular weight excluding hydrogens is 380 g/mol. The average Bonchev–Trinajstić information content (AvgIpc) is 3.12. The van der Waals surface area contributed by atoms with Crippen LogP contribution in [0.15, 0.2) is 0 Å². The highest BCUT2D eigenvalue weighted by Gasteiger charge is 2.71. The number of carbonyl (C=O) groups excluding carboxylic acids is 1. The largest absolute Gasteiger partial charge is 0.481 e. The van der Waals surface area contributed by atoms with Crippen LogP contribution in [0.3, 0.4) is 0 Å². The van der Waals surface area contributed by atoms with Gasteiger partial charge >= 0.3 is 5.97 Å². The maximum atomic E-state index is 12.3. The fourth-order valence-corrected chi connectivity index (χ4v) is 8.44. The van der Waals surface area contributed by atoms with E-state index < -0.39 is 17.7 Å². The Balaban J connectivity index is 0.00000124. The number of hydrogen-bond acceptors (Lipinski definition) is 4. The van der Waals surface area contributed by atoms with Crippen LogP contribution in [0.5, 0.6) is 0 Å². The Hall–Kier alpha value is -0.940. The number of hydrogen-bond donors (Lipinski definition) is 3. The van der Waals surface area contributed by atoms with E-state index in [0.29, 0.717) is 30.6 Å². The molecule has 0 spiro atoms. The summed E-state index contributed by atoms with van der Waals surface area (Å²) in [6, 6.07) is 0. The van der Waals surface area contributed by atoms with Crippen molar-refractivity contribution >= 4 is 12.3 Å². The van der Waals surface area contributed by atoms with E-state index in [4.69, 9.17) is 5.11 Å². The Labute approximate surface area is 181 Å². The highest BCUT2D eigenvalue weighted by Crippen LogP contribution is 2.72. The van der Waals surface area contributed by atoms with Crippen LogP contribution in [0, 0.1) is 40.4 Å². The van der Waals surface area contributed by atoms with Crippen LogP contribution in [0.25, 0.3) is 0 Å². The molecule has 4 aliphatic carbocycles. The summed E-state index contributed by atoms with van der Waals surface area (Å²) in [6.07, 6.45) is 8.55. The zero-order chi connectivity index (χ0) is 22.3. The van der Waals surface area contributed by atoms with Crippen molar-refractivity contribution in [2.45, 2.75) is 104 Å². The van der Waals surface area contributed by atoms with Gasteiger partial charge in [-0.3, -0.25) is 4.79 Å². The van der Waals surface area contributed by atoms with Crippen molar-refractivity contribution < 1.29 is 24.9 Å². The van der Waals surface area contributed by atoms with Gasteiger partial charge in [0.05, 0.1) is 11.7 Å². The third kappa shape index (κ3) is 3.35. The van der Waals surface area contributed by atoms with Crippen molar-refractivity contribution in [1.29, 1.82) is 0 Å². The minimum absolute atomic E-state index is 0.139. The van der Waals surface area contributed by atoms with Crippen molar-refractivity contribution in [1.82, 2.24) is 0 Å². The van der Waals surface area contributed by atoms with Crippen LogP contribution in [0.1, 0.15) is 91.9 Å². The molecule has 0 aromatic heterocycles. The van der Waals surface area contributed by atoms with Gasteiger partial charge in [0.25, 0.3) is 0 Å². The fourth-order valence-electron chi connectivity index (χ4n) is 8.44. The Kier molecular flexibility index (Phi) is 6.75. The van der Waals surface area contributed by atoms with E-state index in [1.807, 2.05) is 13.8 Å². The van der Waals surface area contributed by atoms with Gasteiger partial charge in [0, 0.05) is 24.2 Å². The quantitative estimate of drug-likeness (QED) is 0.570. The molecule has 0 bridgehead atoms. The zero-order valence-corrected chi connectivity index (χ0v) is 19.3. The molecule has 30 heavy (non-hydrogen) atoms. The molecule has 3 unspecified atom stereocenters. The van der Waals surface area contributed by atoms with Crippen molar-refractivity contribution in [2.75, 3.05) is 0 Å². The first-order valence-corrected chi connectivity index (χ1v) is 12.2. The molecule has 172 valence electrons. The number of aliphatic hydroxyl groups is 2. The Morgan fingerprint density at radius 2 is 1.77 bits per heavy atom. The van der Waals surface area contributed by atoms with Gasteiger partial charge in [-0.05, 0) is 80.5 Å². The molecule has 0 amide bonds. The van der Waals surface area contributed by atoms with Crippen molar-refractivity contribution in [3.05, 3.63) is 0 Å². The van der Waals surface area contributed by atoms with Crippen molar-refractivity contribution in [2.24, 2.45) is 40.4 Å². The molecule has 5 nitrogen and oxygen atoms in total. The average molecular weight is 423 g/mol. The van der Waals surface area contributed by atoms with Gasteiger partial charge < -0.3 is 20.1 Å². The number of aliphatic hydroxyl groups excluding tert-OH is 1. The molecule has 5 heteroatoms. The predicted molar refractivity (Wildman–Crippen MR) is 116 cm³/mol. The minimum Gasteiger partial charge on any atom is -0.481 e. The number of aldehydes is 1. The molecule has 0 aromatic rings. The summed E-state index contributed by atoms with van der Waals surface area (Å²) in [7, 11) is 0. The zero-order valence-electron chi connectivity index (χ0n) is 19.3. The van der Waals surface area contributed by atoms with Gasteiger partial charge in [-0.15, -0.1) is 0 Å². The van der Waals surface area contributed by atoms with E-state index in [0.717, 1.165) is 51.2 Å². The first-order chi connectivity index (χ1) is 14.2. The Bertz CT molecular complexity index is 649. The number of fused-ring (bicyclic) bond motifs is 5. The van der Waals surface area contributed by atoms with E-state index in [1.165, 1.54) is 0 Å². The molecule has 4 fully saturated rings. The molecule has 0 aliphatic heterocycles. The third-order valence-electron chi connectivity index (χ3n) is 9.94. The first kappa shape index (κ1) is 23.7. The van der Waals surface area contributed by atoms with Gasteiger partial charge in [-0.25, -0.2) is 0 Å². The SMILES string of the molecule is CC.C[C@]12CCC3C(C1CC[C@@H]2CCCC(=O)O)[C@@H](C=O)[C@]1(O)C[C@@H](O)CC[C@]31C. The van der Waals surface area contributed by atoms with Gasteiger partial charge in [0.2, 0.25) is 0 Å². The second kappa shape index (κ2) is 8.54. The second-order valence-electron chi connectivity index (χ2n) is 10.8. The van der Waals surface area contributed by atoms with E-state index in [1.54, 1.807) is 0 Å². The number of aliphatic carboxylic acids is 1. The Morgan fingerprint density at radius 3 is 2.40 bits per heavy atom. The summed E-state index contributed by atoms with van der Waals surface area (Å²) >= 11 is 0. The van der Waals surface area contributed by atoms with Crippen LogP contribution >= 0.6 is 0 Å². The molecule has 4 saturated carbocycles. The molecule has 4 aliphatic rings. The van der Waals surface area contributed by atoms with Crippen LogP contribution < -0.4 is 0 Å². The molecular formula is C25H42O5. The monoisotopic (exact) mass is 422 g/mol. The summed E-state index contributed by atoms with van der Waals surface area (Å²) in [5.41, 5.74) is -1.24. The van der Waals surface area contributed by atoms with Gasteiger partial charge in [0.15, 0.2) is 0 Å². The van der Waals surface area contributed by atoms with Crippen LogP contribution in [0.4, 0.5) is 0 Å². The minimum atomic E-state index is -1.09. The standard InChI is InChI=1S/C23H36O5.C2H6/c1-21-10-9-17-20(16(21)7-6-14(21)4-3-5-19(26)27)18(13-24)23(28)12-15(25)8-11-22(17,23)2;1-2/h13-18,20,25,28H,3-12H2,1-2H3,(H,26,27);1-2H3/t14-,15-,16?,17?,18+,20?,21+,22+,23+;/m0./s1. The molecule has 0 heterocycles. The topological polar surface area (TPSA) is 94.8 Å². The lowest BCUT2D eigenvalue weighted by Crippen LogP contribution is -2.54. The summed E-state index contributed by atoms with van der Waals surface area (Å²) in [5, 5.41) is 31.0. The van der Waals surface area contributed by atoms with E-state index in [9.17, 15) is 19.8 Å². The second-order valence-corrected chi connectivity index (χ2v) is 10.8. The number of carbonyl (C=O) groups is 2. The smallest absolute Gasteiger partial charge is 0.303 e. The van der Waals surface area contributed by atoms with Gasteiger partial charge in [-0.2, -0.15) is 0 Å². The highest BCUT2D eigenvalue weighted by atomic mass is 16.4. The third-order valence-corrected chi connectivity index (χ3v) is 9.94. The maximum absolute atomic E-state index is 12.3. The van der Waals surface area contributed by atoms with Crippen LogP contribution in [0.2, 0.25) is 0 Å². The lowest BCUT2D eigenvalue weighted by Gasteiger charge is -2.52. The van der Waals surface area contributed by atoms with Gasteiger partial charge in [-0.1, -0.05) is 27.7 Å². The first-order valence-electron chi connectivity index (χ1n) is 12.2. The summed E-state index contributed by atoms with van der Waals surface area (Å²) < 4.78 is 0. The molecule has 0 saturated heterocycles.